The summed E-state index contributed by atoms with van der Waals surface area (Å²) in [6, 6.07) is 0. The predicted octanol–water partition coefficient (Wildman–Crippen LogP) is -3.62. The van der Waals surface area contributed by atoms with Gasteiger partial charge in [0.05, 0.1) is 0 Å². The Labute approximate surface area is 114 Å². The first-order valence-electron chi connectivity index (χ1n) is 6.28. The smallest absolute Gasteiger partial charge is 0.338 e. The van der Waals surface area contributed by atoms with E-state index in [1.165, 1.54) is 6.92 Å². The molecule has 7 atom stereocenters. The van der Waals surface area contributed by atoms with E-state index in [4.69, 9.17) is 10.5 Å². The number of carbonyl (C=O) groups excluding carboxylic acids is 1. The minimum Gasteiger partial charge on any atom is -0.454 e. The molecule has 2 heterocycles. The molecule has 0 aromatic rings. The second-order valence-corrected chi connectivity index (χ2v) is 5.86. The molecule has 3 aliphatic rings. The third-order valence-electron chi connectivity index (χ3n) is 4.53. The van der Waals surface area contributed by atoms with Crippen molar-refractivity contribution < 1.29 is 30.0 Å². The largest absolute Gasteiger partial charge is 0.454 e. The van der Waals surface area contributed by atoms with E-state index in [9.17, 15) is 25.2 Å². The molecule has 7 N–H and O–H groups in total. The van der Waals surface area contributed by atoms with E-state index in [1.54, 1.807) is 0 Å². The maximum atomic E-state index is 11.8. The average molecular weight is 287 g/mol. The first-order valence-corrected chi connectivity index (χ1v) is 6.28. The number of carbonyl (C=O) groups is 1. The summed E-state index contributed by atoms with van der Waals surface area (Å²) in [4.78, 5) is 15.5. The van der Waals surface area contributed by atoms with Crippen LogP contribution in [0.3, 0.4) is 0 Å². The van der Waals surface area contributed by atoms with Gasteiger partial charge in [-0.25, -0.2) is 9.79 Å². The molecule has 1 aliphatic carbocycles. The Morgan fingerprint density at radius 1 is 1.45 bits per heavy atom. The van der Waals surface area contributed by atoms with Gasteiger partial charge in [0.25, 0.3) is 0 Å². The van der Waals surface area contributed by atoms with Gasteiger partial charge in [-0.05, 0) is 13.3 Å². The van der Waals surface area contributed by atoms with E-state index in [0.717, 1.165) is 0 Å². The Kier molecular flexibility index (Phi) is 2.59. The third-order valence-corrected chi connectivity index (χ3v) is 4.53. The maximum Gasteiger partial charge on any atom is 0.338 e. The lowest BCUT2D eigenvalue weighted by Crippen LogP contribution is -2.84. The van der Waals surface area contributed by atoms with Crippen molar-refractivity contribution in [2.24, 2.45) is 16.6 Å². The van der Waals surface area contributed by atoms with Crippen LogP contribution in [0.15, 0.2) is 4.99 Å². The number of aliphatic hydroxyl groups is 4. The van der Waals surface area contributed by atoms with Crippen molar-refractivity contribution in [3.8, 4) is 0 Å². The topological polar surface area (TPSA) is 158 Å². The molecular weight excluding hydrogens is 270 g/mol. The molecule has 2 bridgehead atoms. The monoisotopic (exact) mass is 287 g/mol. The summed E-state index contributed by atoms with van der Waals surface area (Å²) in [5.74, 6) is -2.07. The Balaban J connectivity index is 2.16. The van der Waals surface area contributed by atoms with Crippen LogP contribution in [-0.4, -0.2) is 68.0 Å². The van der Waals surface area contributed by atoms with E-state index in [-0.39, 0.29) is 12.4 Å². The summed E-state index contributed by atoms with van der Waals surface area (Å²) in [5.41, 5.74) is 2.38. The van der Waals surface area contributed by atoms with Crippen molar-refractivity contribution in [2.45, 2.75) is 49.0 Å². The van der Waals surface area contributed by atoms with Gasteiger partial charge in [0.1, 0.15) is 17.2 Å². The van der Waals surface area contributed by atoms with Gasteiger partial charge in [0.15, 0.2) is 24.4 Å². The number of rotatable bonds is 0. The Morgan fingerprint density at radius 2 is 2.10 bits per heavy atom. The first-order chi connectivity index (χ1) is 9.20. The number of ether oxygens (including phenoxy) is 1. The molecule has 1 saturated carbocycles. The predicted molar refractivity (Wildman–Crippen MR) is 64.1 cm³/mol. The molecule has 112 valence electrons. The molecular formula is C11H17N3O6. The van der Waals surface area contributed by atoms with E-state index in [2.05, 4.69) is 10.3 Å². The molecule has 0 aromatic carbocycles. The summed E-state index contributed by atoms with van der Waals surface area (Å²) in [6.07, 6.45) is -5.75. The standard InChI is InChI=1S/C11H17N3O6/c1-10(19)2-3-7(17)13-9(12)14-11(3)4(15)6(10)20-8(18)5(11)16/h3-7,15-17,19H,2H2,1H3,(H3,12,13,14)/t3?,4-,5-,6?,7+,10+,11-/m1/s1. The highest BCUT2D eigenvalue weighted by molar-refractivity contribution is 5.84. The molecule has 9 nitrogen and oxygen atoms in total. The number of fused-ring (bicyclic) bond motifs is 1. The minimum absolute atomic E-state index is 0.0238. The number of hydrogen-bond donors (Lipinski definition) is 6. The molecule has 20 heavy (non-hydrogen) atoms. The number of esters is 1. The number of nitrogens with two attached hydrogens (primary N) is 1. The molecule has 0 aromatic heterocycles. The molecule has 2 fully saturated rings. The summed E-state index contributed by atoms with van der Waals surface area (Å²) in [6.45, 7) is 1.39. The van der Waals surface area contributed by atoms with Crippen molar-refractivity contribution in [1.29, 1.82) is 0 Å². The lowest BCUT2D eigenvalue weighted by atomic mass is 9.59. The van der Waals surface area contributed by atoms with Crippen LogP contribution in [0, 0.1) is 5.92 Å². The average Bonchev–Trinajstić information content (AvgIpc) is 2.33. The fourth-order valence-electron chi connectivity index (χ4n) is 3.55. The van der Waals surface area contributed by atoms with Crippen molar-refractivity contribution in [1.82, 2.24) is 5.32 Å². The van der Waals surface area contributed by atoms with Gasteiger partial charge in [-0.3, -0.25) is 0 Å². The molecule has 1 saturated heterocycles. The van der Waals surface area contributed by atoms with Crippen molar-refractivity contribution in [3.63, 3.8) is 0 Å². The molecule has 0 amide bonds. The lowest BCUT2D eigenvalue weighted by Gasteiger charge is -2.60. The number of aliphatic hydroxyl groups excluding tert-OH is 3. The van der Waals surface area contributed by atoms with Crippen molar-refractivity contribution in [2.75, 3.05) is 0 Å². The number of guanidine groups is 1. The van der Waals surface area contributed by atoms with Crippen LogP contribution in [0.5, 0.6) is 0 Å². The van der Waals surface area contributed by atoms with Gasteiger partial charge in [-0.15, -0.1) is 0 Å². The van der Waals surface area contributed by atoms with Gasteiger partial charge < -0.3 is 36.2 Å². The molecule has 2 unspecified atom stereocenters. The van der Waals surface area contributed by atoms with E-state index >= 15 is 0 Å². The highest BCUT2D eigenvalue weighted by Crippen LogP contribution is 2.48. The van der Waals surface area contributed by atoms with Crippen molar-refractivity contribution in [3.05, 3.63) is 0 Å². The number of aliphatic imine (C=N–C) groups is 1. The zero-order valence-electron chi connectivity index (χ0n) is 10.7. The number of hydrogen-bond acceptors (Lipinski definition) is 9. The molecule has 2 aliphatic heterocycles. The zero-order valence-corrected chi connectivity index (χ0v) is 10.7. The van der Waals surface area contributed by atoms with Crippen LogP contribution in [0.4, 0.5) is 0 Å². The van der Waals surface area contributed by atoms with Crippen molar-refractivity contribution >= 4 is 11.9 Å². The van der Waals surface area contributed by atoms with Crippen LogP contribution in [0.1, 0.15) is 13.3 Å². The van der Waals surface area contributed by atoms with Crippen LogP contribution >= 0.6 is 0 Å². The second-order valence-electron chi connectivity index (χ2n) is 5.86. The third kappa shape index (κ3) is 1.46. The first kappa shape index (κ1) is 13.6. The summed E-state index contributed by atoms with van der Waals surface area (Å²) in [5, 5.41) is 43.6. The van der Waals surface area contributed by atoms with E-state index in [1.807, 2.05) is 0 Å². The molecule has 0 radical (unpaired) electrons. The van der Waals surface area contributed by atoms with E-state index < -0.39 is 47.6 Å². The normalized spacial score (nSPS) is 54.4. The second kappa shape index (κ2) is 3.82. The van der Waals surface area contributed by atoms with Gasteiger partial charge in [0, 0.05) is 5.92 Å². The summed E-state index contributed by atoms with van der Waals surface area (Å²) >= 11 is 0. The van der Waals surface area contributed by atoms with Gasteiger partial charge in [-0.2, -0.15) is 0 Å². The fourth-order valence-corrected chi connectivity index (χ4v) is 3.55. The van der Waals surface area contributed by atoms with Gasteiger partial charge >= 0.3 is 5.97 Å². The highest BCUT2D eigenvalue weighted by Gasteiger charge is 2.70. The maximum absolute atomic E-state index is 11.8. The summed E-state index contributed by atoms with van der Waals surface area (Å²) in [7, 11) is 0. The Hall–Kier alpha value is -1.42. The lowest BCUT2D eigenvalue weighted by molar-refractivity contribution is -0.267. The zero-order chi connectivity index (χ0) is 14.9. The molecule has 9 heteroatoms. The highest BCUT2D eigenvalue weighted by atomic mass is 16.6. The minimum atomic E-state index is -1.72. The molecule has 3 rings (SSSR count). The van der Waals surface area contributed by atoms with Crippen LogP contribution in [0.2, 0.25) is 0 Å². The Bertz CT molecular complexity index is 495. The number of nitrogens with zero attached hydrogens (tertiary/aromatic N) is 1. The number of nitrogens with one attached hydrogen (secondary N) is 1. The SMILES string of the molecule is C[C@]1(O)CC2[C@H](O)N=C(N)N[C@]23[C@H](O)C(=O)OC1[C@H]3O. The Morgan fingerprint density at radius 3 is 2.75 bits per heavy atom. The van der Waals surface area contributed by atoms with Gasteiger partial charge in [0.2, 0.25) is 0 Å². The fraction of sp³-hybridized carbons (Fsp3) is 0.818. The summed E-state index contributed by atoms with van der Waals surface area (Å²) < 4.78 is 4.92. The van der Waals surface area contributed by atoms with E-state index in [0.29, 0.717) is 0 Å². The van der Waals surface area contributed by atoms with Crippen LogP contribution < -0.4 is 11.1 Å². The quantitative estimate of drug-likeness (QED) is 0.249. The molecule has 1 spiro atoms. The van der Waals surface area contributed by atoms with Crippen LogP contribution in [-0.2, 0) is 9.53 Å². The van der Waals surface area contributed by atoms with Crippen LogP contribution in [0.25, 0.3) is 0 Å². The van der Waals surface area contributed by atoms with Gasteiger partial charge in [-0.1, -0.05) is 0 Å².